The van der Waals surface area contributed by atoms with Crippen molar-refractivity contribution in [3.05, 3.63) is 83.4 Å². The van der Waals surface area contributed by atoms with Gasteiger partial charge in [0.25, 0.3) is 7.82 Å². The van der Waals surface area contributed by atoms with Crippen molar-refractivity contribution in [2.75, 3.05) is 47.5 Å². The highest BCUT2D eigenvalue weighted by Gasteiger charge is 2.22. The number of quaternary nitrogens is 1. The summed E-state index contributed by atoms with van der Waals surface area (Å²) in [6, 6.07) is 0. The lowest BCUT2D eigenvalue weighted by molar-refractivity contribution is -0.870. The maximum atomic E-state index is 12.7. The SMILES string of the molecule is CC/C=C\C(O)C/C=C/C=C\C/C=C\C/C=C\CCCC(=O)O[C@H](COC(=O)CCCCCCCCCCc1oc(CCC)c(C)c1C)COP(=O)([O-])OCC[N+](C)(C)C. The van der Waals surface area contributed by atoms with Gasteiger partial charge in [0.2, 0.25) is 0 Å². The molecule has 0 aromatic carbocycles. The van der Waals surface area contributed by atoms with Crippen LogP contribution in [0.5, 0.6) is 0 Å². The van der Waals surface area contributed by atoms with Crippen LogP contribution in [0.4, 0.5) is 0 Å². The molecule has 342 valence electrons. The van der Waals surface area contributed by atoms with E-state index >= 15 is 0 Å². The third-order valence-electron chi connectivity index (χ3n) is 9.80. The first-order valence-electron chi connectivity index (χ1n) is 22.5. The van der Waals surface area contributed by atoms with Crippen molar-refractivity contribution < 1.29 is 51.6 Å². The quantitative estimate of drug-likeness (QED) is 0.0173. The number of phosphoric acid groups is 1. The second kappa shape index (κ2) is 33.6. The largest absolute Gasteiger partial charge is 0.756 e. The average molecular weight is 862 g/mol. The third-order valence-corrected chi connectivity index (χ3v) is 10.8. The molecule has 0 bridgehead atoms. The van der Waals surface area contributed by atoms with Crippen molar-refractivity contribution in [3.8, 4) is 0 Å². The fourth-order valence-corrected chi connectivity index (χ4v) is 6.78. The van der Waals surface area contributed by atoms with E-state index in [1.54, 1.807) is 0 Å². The Morgan fingerprint density at radius 3 is 2.02 bits per heavy atom. The molecular formula is C48H80NO10P. The molecule has 1 rings (SSSR count). The molecule has 0 radical (unpaired) electrons. The zero-order valence-corrected chi connectivity index (χ0v) is 39.1. The minimum atomic E-state index is -4.67. The molecule has 0 aliphatic rings. The highest BCUT2D eigenvalue weighted by atomic mass is 31.2. The first-order valence-corrected chi connectivity index (χ1v) is 23.9. The summed E-state index contributed by atoms with van der Waals surface area (Å²) >= 11 is 0. The van der Waals surface area contributed by atoms with Gasteiger partial charge < -0.3 is 37.4 Å². The molecular weight excluding hydrogens is 781 g/mol. The van der Waals surface area contributed by atoms with Gasteiger partial charge in [-0.2, -0.15) is 0 Å². The first kappa shape index (κ1) is 55.0. The van der Waals surface area contributed by atoms with E-state index in [0.29, 0.717) is 36.7 Å². The average Bonchev–Trinajstić information content (AvgIpc) is 3.45. The smallest absolute Gasteiger partial charge is 0.306 e. The zero-order valence-electron chi connectivity index (χ0n) is 38.2. The maximum absolute atomic E-state index is 12.7. The molecule has 2 unspecified atom stereocenters. The van der Waals surface area contributed by atoms with Crippen molar-refractivity contribution >= 4 is 19.8 Å². The van der Waals surface area contributed by atoms with Gasteiger partial charge in [0.1, 0.15) is 31.3 Å². The Balaban J connectivity index is 2.39. The molecule has 0 aliphatic carbocycles. The van der Waals surface area contributed by atoms with E-state index in [2.05, 4.69) is 32.9 Å². The van der Waals surface area contributed by atoms with Crippen molar-refractivity contribution in [1.29, 1.82) is 0 Å². The van der Waals surface area contributed by atoms with E-state index < -0.39 is 38.6 Å². The number of carbonyl (C=O) groups excluding carboxylic acids is 2. The highest BCUT2D eigenvalue weighted by molar-refractivity contribution is 7.45. The maximum Gasteiger partial charge on any atom is 0.306 e. The molecule has 0 aliphatic heterocycles. The molecule has 12 heteroatoms. The molecule has 0 fully saturated rings. The number of likely N-dealkylation sites (N-methyl/N-ethyl adjacent to an activating group) is 1. The van der Waals surface area contributed by atoms with Gasteiger partial charge in [0, 0.05) is 25.7 Å². The van der Waals surface area contributed by atoms with Crippen LogP contribution in [0.25, 0.3) is 0 Å². The van der Waals surface area contributed by atoms with Crippen molar-refractivity contribution in [2.24, 2.45) is 0 Å². The molecule has 11 nitrogen and oxygen atoms in total. The van der Waals surface area contributed by atoms with E-state index in [9.17, 15) is 24.2 Å². The summed E-state index contributed by atoms with van der Waals surface area (Å²) in [7, 11) is 1.07. The number of carbonyl (C=O) groups is 2. The Labute approximate surface area is 363 Å². The summed E-state index contributed by atoms with van der Waals surface area (Å²) in [6.45, 7) is 8.10. The third kappa shape index (κ3) is 30.1. The van der Waals surface area contributed by atoms with Gasteiger partial charge in [-0.25, -0.2) is 0 Å². The summed E-state index contributed by atoms with van der Waals surface area (Å²) in [5.41, 5.74) is 2.61. The van der Waals surface area contributed by atoms with Crippen LogP contribution in [0.2, 0.25) is 0 Å². The first-order chi connectivity index (χ1) is 28.7. The number of hydrogen-bond donors (Lipinski definition) is 1. The van der Waals surface area contributed by atoms with Crippen molar-refractivity contribution in [3.63, 3.8) is 0 Å². The number of nitrogens with zero attached hydrogens (tertiary/aromatic N) is 1. The van der Waals surface area contributed by atoms with Crippen LogP contribution < -0.4 is 4.89 Å². The number of hydrogen-bond acceptors (Lipinski definition) is 10. The molecule has 0 saturated heterocycles. The molecule has 0 spiro atoms. The zero-order chi connectivity index (χ0) is 44.5. The summed E-state index contributed by atoms with van der Waals surface area (Å²) in [5.74, 6) is 1.33. The number of rotatable bonds is 36. The summed E-state index contributed by atoms with van der Waals surface area (Å²) in [5, 5.41) is 9.78. The topological polar surface area (TPSA) is 145 Å². The molecule has 1 aromatic rings. The molecule has 1 N–H and O–H groups in total. The predicted octanol–water partition coefficient (Wildman–Crippen LogP) is 10.5. The van der Waals surface area contributed by atoms with Crippen molar-refractivity contribution in [2.45, 2.75) is 162 Å². The van der Waals surface area contributed by atoms with E-state index in [1.165, 1.54) is 24.0 Å². The second-order valence-corrected chi connectivity index (χ2v) is 17.9. The number of ether oxygens (including phenoxy) is 2. The van der Waals surface area contributed by atoms with Gasteiger partial charge in [-0.1, -0.05) is 113 Å². The van der Waals surface area contributed by atoms with Crippen molar-refractivity contribution in [1.82, 2.24) is 0 Å². The van der Waals surface area contributed by atoms with E-state index in [1.807, 2.05) is 76.7 Å². The Bertz CT molecular complexity index is 1500. The van der Waals surface area contributed by atoms with Gasteiger partial charge in [-0.15, -0.1) is 0 Å². The van der Waals surface area contributed by atoms with E-state index in [4.69, 9.17) is 22.9 Å². The van der Waals surface area contributed by atoms with Gasteiger partial charge >= 0.3 is 11.9 Å². The Kier molecular flexibility index (Phi) is 30.7. The highest BCUT2D eigenvalue weighted by Crippen LogP contribution is 2.38. The number of aryl methyl sites for hydroxylation is 2. The van der Waals surface area contributed by atoms with Gasteiger partial charge in [-0.05, 0) is 82.8 Å². The Morgan fingerprint density at radius 1 is 0.750 bits per heavy atom. The molecule has 0 saturated carbocycles. The fourth-order valence-electron chi connectivity index (χ4n) is 6.05. The molecule has 0 amide bonds. The number of aliphatic hydroxyl groups excluding tert-OH is 1. The van der Waals surface area contributed by atoms with Gasteiger partial charge in [0.15, 0.2) is 6.10 Å². The minimum Gasteiger partial charge on any atom is -0.756 e. The summed E-state index contributed by atoms with van der Waals surface area (Å²) in [4.78, 5) is 37.6. The number of phosphoric ester groups is 1. The van der Waals surface area contributed by atoms with Crippen LogP contribution in [0.3, 0.4) is 0 Å². The molecule has 1 aromatic heterocycles. The van der Waals surface area contributed by atoms with Crippen LogP contribution in [-0.2, 0) is 45.5 Å². The standard InChI is InChI=1S/C48H80NO10P/c1-8-10-32-43(50)33-27-23-19-15-13-11-12-14-16-22-26-30-36-48(52)58-44(40-57-60(53,54)56-38-37-49(5,6)7)39-55-47(51)35-29-25-21-18-17-20-24-28-34-46-42(4)41(3)45(59-46)31-9-2/h10-12,15-16,19,22-23,27,32,43-44,50H,8-9,13-14,17-18,20-21,24-26,28-31,33-40H2,1-7H3/b12-11-,19-15-,22-16-,27-23+,32-10-/t43?,44-/m1/s1. The van der Waals surface area contributed by atoms with Gasteiger partial charge in [-0.3, -0.25) is 14.2 Å². The number of aliphatic hydroxyl groups is 1. The molecule has 1 heterocycles. The minimum absolute atomic E-state index is 0.0587. The summed E-state index contributed by atoms with van der Waals surface area (Å²) in [6.07, 6.45) is 34.5. The lowest BCUT2D eigenvalue weighted by Gasteiger charge is -2.28. The Hall–Kier alpha value is -3.05. The predicted molar refractivity (Wildman–Crippen MR) is 240 cm³/mol. The lowest BCUT2D eigenvalue weighted by Crippen LogP contribution is -2.37. The normalized spacial score (nSPS) is 14.6. The monoisotopic (exact) mass is 862 g/mol. The molecule has 60 heavy (non-hydrogen) atoms. The number of allylic oxidation sites excluding steroid dienone is 8. The number of furan rings is 1. The fraction of sp³-hybridized carbons (Fsp3) is 0.667. The number of unbranched alkanes of at least 4 members (excludes halogenated alkanes) is 8. The Morgan fingerprint density at radius 2 is 1.35 bits per heavy atom. The lowest BCUT2D eigenvalue weighted by atomic mass is 10.0. The summed E-state index contributed by atoms with van der Waals surface area (Å²) < 4.78 is 40.0. The van der Waals surface area contributed by atoms with Crippen LogP contribution >= 0.6 is 7.82 Å². The van der Waals surface area contributed by atoms with Crippen LogP contribution in [0.15, 0.2) is 65.2 Å². The molecule has 3 atom stereocenters. The van der Waals surface area contributed by atoms with Crippen LogP contribution in [0.1, 0.15) is 146 Å². The van der Waals surface area contributed by atoms with Crippen LogP contribution in [0, 0.1) is 13.8 Å². The van der Waals surface area contributed by atoms with E-state index in [-0.39, 0.29) is 26.1 Å². The van der Waals surface area contributed by atoms with E-state index in [0.717, 1.165) is 82.1 Å². The number of esters is 2. The second-order valence-electron chi connectivity index (χ2n) is 16.5. The van der Waals surface area contributed by atoms with Crippen LogP contribution in [-0.4, -0.2) is 81.2 Å². The van der Waals surface area contributed by atoms with Gasteiger partial charge in [0.05, 0.1) is 33.9 Å².